The second-order valence-electron chi connectivity index (χ2n) is 3.82. The third-order valence-electron chi connectivity index (χ3n) is 2.41. The second kappa shape index (κ2) is 5.18. The van der Waals surface area contributed by atoms with Crippen LogP contribution in [-0.2, 0) is 6.54 Å². The highest BCUT2D eigenvalue weighted by Crippen LogP contribution is 2.25. The Balaban J connectivity index is 2.09. The summed E-state index contributed by atoms with van der Waals surface area (Å²) in [7, 11) is 3.27. The van der Waals surface area contributed by atoms with Gasteiger partial charge in [0, 0.05) is 7.05 Å². The molecule has 18 heavy (non-hydrogen) atoms. The van der Waals surface area contributed by atoms with Gasteiger partial charge >= 0.3 is 0 Å². The number of carbonyl (C=O) groups is 1. The number of thiophene rings is 1. The van der Waals surface area contributed by atoms with Gasteiger partial charge in [0.2, 0.25) is 0 Å². The van der Waals surface area contributed by atoms with Gasteiger partial charge in [0.25, 0.3) is 5.91 Å². The summed E-state index contributed by atoms with van der Waals surface area (Å²) in [5.74, 6) is 1.84. The number of ether oxygens (including phenoxy) is 1. The van der Waals surface area contributed by atoms with Crippen molar-refractivity contribution in [3.63, 3.8) is 0 Å². The van der Waals surface area contributed by atoms with Crippen molar-refractivity contribution in [1.29, 1.82) is 0 Å². The van der Waals surface area contributed by atoms with Crippen molar-refractivity contribution in [2.24, 2.45) is 0 Å². The van der Waals surface area contributed by atoms with Crippen LogP contribution < -0.4 is 4.74 Å². The molecule has 7 heteroatoms. The fourth-order valence-electron chi connectivity index (χ4n) is 1.53. The van der Waals surface area contributed by atoms with E-state index in [4.69, 9.17) is 4.74 Å². The van der Waals surface area contributed by atoms with Crippen LogP contribution in [0.1, 0.15) is 21.3 Å². The van der Waals surface area contributed by atoms with Crippen molar-refractivity contribution in [3.05, 3.63) is 28.0 Å². The highest BCUT2D eigenvalue weighted by molar-refractivity contribution is 7.12. The largest absolute Gasteiger partial charge is 0.495 e. The van der Waals surface area contributed by atoms with Crippen LogP contribution in [0.2, 0.25) is 0 Å². The Labute approximate surface area is 109 Å². The Bertz CT molecular complexity index is 549. The van der Waals surface area contributed by atoms with Gasteiger partial charge in [-0.25, -0.2) is 4.98 Å². The highest BCUT2D eigenvalue weighted by atomic mass is 32.1. The first-order chi connectivity index (χ1) is 8.61. The van der Waals surface area contributed by atoms with Crippen molar-refractivity contribution in [1.82, 2.24) is 20.1 Å². The molecule has 0 aliphatic carbocycles. The smallest absolute Gasteiger partial charge is 0.267 e. The minimum absolute atomic E-state index is 0.0932. The first-order valence-electron chi connectivity index (χ1n) is 5.36. The summed E-state index contributed by atoms with van der Waals surface area (Å²) in [5.41, 5.74) is 0. The van der Waals surface area contributed by atoms with Crippen molar-refractivity contribution in [3.8, 4) is 5.75 Å². The normalized spacial score (nSPS) is 10.4. The van der Waals surface area contributed by atoms with E-state index >= 15 is 0 Å². The Morgan fingerprint density at radius 1 is 1.61 bits per heavy atom. The van der Waals surface area contributed by atoms with E-state index in [1.165, 1.54) is 11.3 Å². The standard InChI is InChI=1S/C11H14N4O2S/c1-7-12-9(14-13-7)6-15(2)11(16)10-8(17-3)4-5-18-10/h4-5H,6H2,1-3H3,(H,12,13,14). The number of aromatic nitrogens is 3. The van der Waals surface area contributed by atoms with Crippen molar-refractivity contribution in [2.45, 2.75) is 13.5 Å². The number of rotatable bonds is 4. The van der Waals surface area contributed by atoms with E-state index in [0.717, 1.165) is 5.82 Å². The minimum atomic E-state index is -0.0932. The molecule has 2 aromatic rings. The van der Waals surface area contributed by atoms with Gasteiger partial charge in [0.15, 0.2) is 5.82 Å². The van der Waals surface area contributed by atoms with E-state index in [9.17, 15) is 4.79 Å². The van der Waals surface area contributed by atoms with Crippen molar-refractivity contribution >= 4 is 17.2 Å². The predicted molar refractivity (Wildman–Crippen MR) is 67.8 cm³/mol. The van der Waals surface area contributed by atoms with E-state index in [1.807, 2.05) is 12.3 Å². The summed E-state index contributed by atoms with van der Waals surface area (Å²) in [4.78, 5) is 18.5. The molecular formula is C11H14N4O2S. The fraction of sp³-hybridized carbons (Fsp3) is 0.364. The lowest BCUT2D eigenvalue weighted by molar-refractivity contribution is 0.0783. The lowest BCUT2D eigenvalue weighted by Gasteiger charge is -2.14. The minimum Gasteiger partial charge on any atom is -0.495 e. The molecule has 0 fully saturated rings. The molecule has 0 spiro atoms. The summed E-state index contributed by atoms with van der Waals surface area (Å²) < 4.78 is 5.14. The predicted octanol–water partition coefficient (Wildman–Crippen LogP) is 1.46. The Morgan fingerprint density at radius 2 is 2.39 bits per heavy atom. The summed E-state index contributed by atoms with van der Waals surface area (Å²) in [5, 5.41) is 8.58. The van der Waals surface area contributed by atoms with E-state index in [1.54, 1.807) is 25.1 Å². The van der Waals surface area contributed by atoms with E-state index < -0.39 is 0 Å². The number of hydrogen-bond acceptors (Lipinski definition) is 5. The molecule has 1 amide bonds. The molecule has 0 atom stereocenters. The third-order valence-corrected chi connectivity index (χ3v) is 3.30. The third kappa shape index (κ3) is 2.51. The number of amides is 1. The van der Waals surface area contributed by atoms with Gasteiger partial charge in [-0.05, 0) is 18.4 Å². The second-order valence-corrected chi connectivity index (χ2v) is 4.73. The van der Waals surface area contributed by atoms with Gasteiger partial charge in [-0.3, -0.25) is 9.89 Å². The van der Waals surface area contributed by atoms with Crippen LogP contribution in [0.25, 0.3) is 0 Å². The van der Waals surface area contributed by atoms with E-state index in [-0.39, 0.29) is 5.91 Å². The topological polar surface area (TPSA) is 71.1 Å². The number of nitrogens with one attached hydrogen (secondary N) is 1. The van der Waals surface area contributed by atoms with Crippen LogP contribution >= 0.6 is 11.3 Å². The monoisotopic (exact) mass is 266 g/mol. The number of H-pyrrole nitrogens is 1. The van der Waals surface area contributed by atoms with Crippen molar-refractivity contribution < 1.29 is 9.53 Å². The van der Waals surface area contributed by atoms with Crippen LogP contribution in [0, 0.1) is 6.92 Å². The maximum Gasteiger partial charge on any atom is 0.267 e. The molecule has 0 saturated carbocycles. The van der Waals surface area contributed by atoms with Gasteiger partial charge in [-0.15, -0.1) is 11.3 Å². The quantitative estimate of drug-likeness (QED) is 0.909. The molecule has 0 aromatic carbocycles. The molecule has 96 valence electrons. The highest BCUT2D eigenvalue weighted by Gasteiger charge is 2.19. The number of aromatic amines is 1. The van der Waals surface area contributed by atoms with Crippen LogP contribution in [0.5, 0.6) is 5.75 Å². The molecule has 1 N–H and O–H groups in total. The van der Waals surface area contributed by atoms with Gasteiger partial charge in [0.1, 0.15) is 16.5 Å². The number of aryl methyl sites for hydroxylation is 1. The van der Waals surface area contributed by atoms with E-state index in [0.29, 0.717) is 23.0 Å². The number of hydrogen-bond donors (Lipinski definition) is 1. The zero-order valence-electron chi connectivity index (χ0n) is 10.4. The first-order valence-corrected chi connectivity index (χ1v) is 6.24. The molecule has 0 aliphatic heterocycles. The number of nitrogens with zero attached hydrogens (tertiary/aromatic N) is 3. The first kappa shape index (κ1) is 12.6. The molecule has 0 aliphatic rings. The van der Waals surface area contributed by atoms with Crippen LogP contribution in [0.4, 0.5) is 0 Å². The fourth-order valence-corrected chi connectivity index (χ4v) is 2.38. The number of carbonyl (C=O) groups excluding carboxylic acids is 1. The number of methoxy groups -OCH3 is 1. The zero-order valence-corrected chi connectivity index (χ0v) is 11.2. The van der Waals surface area contributed by atoms with Crippen LogP contribution in [0.15, 0.2) is 11.4 Å². The van der Waals surface area contributed by atoms with Gasteiger partial charge < -0.3 is 9.64 Å². The summed E-state index contributed by atoms with van der Waals surface area (Å²) in [6.45, 7) is 2.19. The maximum atomic E-state index is 12.2. The van der Waals surface area contributed by atoms with E-state index in [2.05, 4.69) is 15.2 Å². The van der Waals surface area contributed by atoms with Gasteiger partial charge in [0.05, 0.1) is 13.7 Å². The molecule has 2 aromatic heterocycles. The van der Waals surface area contributed by atoms with Gasteiger partial charge in [-0.1, -0.05) is 0 Å². The maximum absolute atomic E-state index is 12.2. The molecule has 0 bridgehead atoms. The average molecular weight is 266 g/mol. The molecule has 2 rings (SSSR count). The summed E-state index contributed by atoms with van der Waals surface area (Å²) in [6.07, 6.45) is 0. The van der Waals surface area contributed by atoms with Crippen molar-refractivity contribution in [2.75, 3.05) is 14.2 Å². The molecule has 6 nitrogen and oxygen atoms in total. The Morgan fingerprint density at radius 3 is 3.00 bits per heavy atom. The Kier molecular flexibility index (Phi) is 3.61. The molecule has 0 radical (unpaired) electrons. The summed E-state index contributed by atoms with van der Waals surface area (Å²) >= 11 is 1.36. The van der Waals surface area contributed by atoms with Crippen LogP contribution in [-0.4, -0.2) is 40.1 Å². The lowest BCUT2D eigenvalue weighted by Crippen LogP contribution is -2.26. The molecule has 0 unspecified atom stereocenters. The zero-order chi connectivity index (χ0) is 13.1. The Hall–Kier alpha value is -1.89. The SMILES string of the molecule is COc1ccsc1C(=O)N(C)Cc1n[nH]c(C)n1. The molecular weight excluding hydrogens is 252 g/mol. The molecule has 2 heterocycles. The van der Waals surface area contributed by atoms with Gasteiger partial charge in [-0.2, -0.15) is 5.10 Å². The average Bonchev–Trinajstić information content (AvgIpc) is 2.96. The molecule has 0 saturated heterocycles. The summed E-state index contributed by atoms with van der Waals surface area (Å²) in [6, 6.07) is 1.78. The van der Waals surface area contributed by atoms with Crippen LogP contribution in [0.3, 0.4) is 0 Å². The lowest BCUT2D eigenvalue weighted by atomic mass is 10.3.